The Morgan fingerprint density at radius 3 is 2.54 bits per heavy atom. The van der Waals surface area contributed by atoms with Gasteiger partial charge in [-0.2, -0.15) is 0 Å². The number of hydrogen-bond donors (Lipinski definition) is 1. The van der Waals surface area contributed by atoms with E-state index >= 15 is 4.39 Å². The van der Waals surface area contributed by atoms with Gasteiger partial charge in [0.15, 0.2) is 5.78 Å². The van der Waals surface area contributed by atoms with Crippen molar-refractivity contribution in [2.24, 2.45) is 0 Å². The molecule has 0 fully saturated rings. The standard InChI is InChI=1S/C27H31ClF2N2O4S/c1-5-6-7-8-23(33)18-12-22-24(13-20(18)30)37-15-21(31-26(35)36-27(2,3)4)25(34)32(22)14-16-9-10-17(28)11-19(16)29/h9-13,21H,5-8,14-15H2,1-4H3,(H,31,35)/t21-/m0/s1. The number of ether oxygens (including phenoxy) is 1. The predicted octanol–water partition coefficient (Wildman–Crippen LogP) is 6.91. The van der Waals surface area contributed by atoms with Crippen LogP contribution in [0, 0.1) is 11.6 Å². The molecule has 2 aromatic rings. The minimum atomic E-state index is -1.03. The zero-order valence-corrected chi connectivity index (χ0v) is 22.9. The molecular formula is C27H31ClF2N2O4S. The number of nitrogens with zero attached hydrogens (tertiary/aromatic N) is 1. The van der Waals surface area contributed by atoms with Crippen LogP contribution in [0.25, 0.3) is 0 Å². The van der Waals surface area contributed by atoms with Gasteiger partial charge >= 0.3 is 6.09 Å². The lowest BCUT2D eigenvalue weighted by Gasteiger charge is -2.27. The van der Waals surface area contributed by atoms with Crippen LogP contribution in [0.15, 0.2) is 35.2 Å². The lowest BCUT2D eigenvalue weighted by Crippen LogP contribution is -2.50. The van der Waals surface area contributed by atoms with Crippen molar-refractivity contribution in [2.45, 2.75) is 76.5 Å². The van der Waals surface area contributed by atoms with E-state index in [4.69, 9.17) is 16.3 Å². The summed E-state index contributed by atoms with van der Waals surface area (Å²) in [5.41, 5.74) is -0.454. The molecule has 200 valence electrons. The van der Waals surface area contributed by atoms with Crippen LogP contribution in [0.5, 0.6) is 0 Å². The number of rotatable bonds is 8. The summed E-state index contributed by atoms with van der Waals surface area (Å²) in [6.45, 7) is 6.89. The second-order valence-corrected chi connectivity index (χ2v) is 11.3. The van der Waals surface area contributed by atoms with Crippen molar-refractivity contribution in [1.29, 1.82) is 0 Å². The number of anilines is 1. The number of carbonyl (C=O) groups is 3. The second-order valence-electron chi connectivity index (χ2n) is 9.85. The van der Waals surface area contributed by atoms with Crippen LogP contribution in [0.3, 0.4) is 0 Å². The number of Topliss-reactive ketones (excluding diaryl/α,β-unsaturated/α-hetero) is 1. The number of hydrogen-bond acceptors (Lipinski definition) is 5. The van der Waals surface area contributed by atoms with Crippen LogP contribution in [0.2, 0.25) is 5.02 Å². The maximum Gasteiger partial charge on any atom is 0.408 e. The highest BCUT2D eigenvalue weighted by Crippen LogP contribution is 2.38. The Morgan fingerprint density at radius 1 is 1.16 bits per heavy atom. The van der Waals surface area contributed by atoms with Gasteiger partial charge in [-0.3, -0.25) is 9.59 Å². The zero-order chi connectivity index (χ0) is 27.3. The molecule has 1 N–H and O–H groups in total. The highest BCUT2D eigenvalue weighted by Gasteiger charge is 2.34. The number of unbranched alkanes of at least 4 members (excludes halogenated alkanes) is 2. The van der Waals surface area contributed by atoms with E-state index in [1.54, 1.807) is 20.8 Å². The summed E-state index contributed by atoms with van der Waals surface area (Å²) in [6, 6.07) is 5.64. The Labute approximate surface area is 225 Å². The minimum Gasteiger partial charge on any atom is -0.444 e. The Morgan fingerprint density at radius 2 is 1.89 bits per heavy atom. The smallest absolute Gasteiger partial charge is 0.408 e. The Kier molecular flexibility index (Phi) is 9.58. The van der Waals surface area contributed by atoms with Crippen molar-refractivity contribution in [3.63, 3.8) is 0 Å². The number of alkyl carbamates (subject to hydrolysis) is 1. The fraction of sp³-hybridized carbons (Fsp3) is 0.444. The Hall–Kier alpha value is -2.65. The van der Waals surface area contributed by atoms with Crippen molar-refractivity contribution < 1.29 is 27.9 Å². The summed E-state index contributed by atoms with van der Waals surface area (Å²) in [5.74, 6) is -2.11. The molecular weight excluding hydrogens is 522 g/mol. The van der Waals surface area contributed by atoms with Crippen molar-refractivity contribution in [1.82, 2.24) is 5.32 Å². The molecule has 1 aliphatic rings. The lowest BCUT2D eigenvalue weighted by atomic mass is 10.0. The van der Waals surface area contributed by atoms with E-state index < -0.39 is 35.3 Å². The van der Waals surface area contributed by atoms with Crippen LogP contribution in [0.4, 0.5) is 19.3 Å². The number of thioether (sulfide) groups is 1. The first-order chi connectivity index (χ1) is 17.4. The third-order valence-corrected chi connectivity index (χ3v) is 7.02. The predicted molar refractivity (Wildman–Crippen MR) is 141 cm³/mol. The maximum absolute atomic E-state index is 15.0. The van der Waals surface area contributed by atoms with Crippen LogP contribution in [-0.4, -0.2) is 35.2 Å². The summed E-state index contributed by atoms with van der Waals surface area (Å²) in [5, 5.41) is 2.78. The van der Waals surface area contributed by atoms with E-state index in [-0.39, 0.29) is 46.3 Å². The molecule has 0 aromatic heterocycles. The fourth-order valence-corrected chi connectivity index (χ4v) is 5.08. The van der Waals surface area contributed by atoms with E-state index in [0.29, 0.717) is 11.3 Å². The van der Waals surface area contributed by atoms with E-state index in [2.05, 4.69) is 5.32 Å². The van der Waals surface area contributed by atoms with Gasteiger partial charge in [0, 0.05) is 27.7 Å². The monoisotopic (exact) mass is 552 g/mol. The van der Waals surface area contributed by atoms with Crippen LogP contribution in [0.1, 0.15) is 69.3 Å². The van der Waals surface area contributed by atoms with Crippen LogP contribution < -0.4 is 10.2 Å². The first-order valence-electron chi connectivity index (χ1n) is 12.1. The number of ketones is 1. The number of fused-ring (bicyclic) bond motifs is 1. The molecule has 0 spiro atoms. The number of carbonyl (C=O) groups excluding carboxylic acids is 3. The highest BCUT2D eigenvalue weighted by molar-refractivity contribution is 7.99. The van der Waals surface area contributed by atoms with Crippen molar-refractivity contribution in [3.05, 3.63) is 58.1 Å². The van der Waals surface area contributed by atoms with Gasteiger partial charge in [0.1, 0.15) is 23.3 Å². The van der Waals surface area contributed by atoms with Gasteiger partial charge in [-0.25, -0.2) is 13.6 Å². The molecule has 6 nitrogen and oxygen atoms in total. The molecule has 0 unspecified atom stereocenters. The maximum atomic E-state index is 15.0. The molecule has 1 atom stereocenters. The second kappa shape index (κ2) is 12.3. The summed E-state index contributed by atoms with van der Waals surface area (Å²) in [7, 11) is 0. The number of halogens is 3. The molecule has 1 aliphatic heterocycles. The normalized spacial score (nSPS) is 15.7. The van der Waals surface area contributed by atoms with Gasteiger partial charge in [-0.1, -0.05) is 37.4 Å². The van der Waals surface area contributed by atoms with Crippen molar-refractivity contribution in [2.75, 3.05) is 10.7 Å². The number of nitrogens with one attached hydrogen (secondary N) is 1. The SMILES string of the molecule is CCCCCC(=O)c1cc2c(cc1F)SC[C@H](NC(=O)OC(C)(C)C)C(=O)N2Cc1ccc(Cl)cc1F. The highest BCUT2D eigenvalue weighted by atomic mass is 35.5. The molecule has 2 amide bonds. The fourth-order valence-electron chi connectivity index (χ4n) is 3.84. The topological polar surface area (TPSA) is 75.7 Å². The van der Waals surface area contributed by atoms with Gasteiger partial charge < -0.3 is 15.0 Å². The largest absolute Gasteiger partial charge is 0.444 e. The third-order valence-electron chi connectivity index (χ3n) is 5.65. The van der Waals surface area contributed by atoms with Gasteiger partial charge in [0.05, 0.1) is 17.8 Å². The van der Waals surface area contributed by atoms with Crippen LogP contribution in [-0.2, 0) is 16.1 Å². The molecule has 37 heavy (non-hydrogen) atoms. The summed E-state index contributed by atoms with van der Waals surface area (Å²) in [6.07, 6.45) is 1.78. The number of amides is 2. The molecule has 0 saturated heterocycles. The molecule has 0 saturated carbocycles. The average molecular weight is 553 g/mol. The van der Waals surface area contributed by atoms with E-state index in [1.165, 1.54) is 29.2 Å². The van der Waals surface area contributed by atoms with Gasteiger partial charge in [-0.05, 0) is 51.5 Å². The molecule has 0 bridgehead atoms. The van der Waals surface area contributed by atoms with Crippen molar-refractivity contribution in [3.8, 4) is 0 Å². The van der Waals surface area contributed by atoms with Crippen molar-refractivity contribution >= 4 is 46.8 Å². The third kappa shape index (κ3) is 7.68. The van der Waals surface area contributed by atoms with E-state index in [9.17, 15) is 18.8 Å². The van der Waals surface area contributed by atoms with E-state index in [0.717, 1.165) is 30.7 Å². The summed E-state index contributed by atoms with van der Waals surface area (Å²) < 4.78 is 35.0. The quantitative estimate of drug-likeness (QED) is 0.284. The molecule has 1 heterocycles. The molecule has 2 aromatic carbocycles. The van der Waals surface area contributed by atoms with Crippen LogP contribution >= 0.6 is 23.4 Å². The molecule has 10 heteroatoms. The van der Waals surface area contributed by atoms with Gasteiger partial charge in [-0.15, -0.1) is 11.8 Å². The molecule has 0 radical (unpaired) electrons. The first kappa shape index (κ1) is 28.9. The zero-order valence-electron chi connectivity index (χ0n) is 21.3. The minimum absolute atomic E-state index is 0.0912. The molecule has 0 aliphatic carbocycles. The lowest BCUT2D eigenvalue weighted by molar-refractivity contribution is -0.120. The Bertz CT molecular complexity index is 1190. The van der Waals surface area contributed by atoms with Gasteiger partial charge in [0.2, 0.25) is 0 Å². The first-order valence-corrected chi connectivity index (χ1v) is 13.5. The van der Waals surface area contributed by atoms with Gasteiger partial charge in [0.25, 0.3) is 5.91 Å². The summed E-state index contributed by atoms with van der Waals surface area (Å²) >= 11 is 7.05. The Balaban J connectivity index is 2.01. The summed E-state index contributed by atoms with van der Waals surface area (Å²) in [4.78, 5) is 40.6. The van der Waals surface area contributed by atoms with E-state index in [1.807, 2.05) is 6.92 Å². The molecule has 3 rings (SSSR count). The number of benzene rings is 2. The average Bonchev–Trinajstić information content (AvgIpc) is 2.91.